The van der Waals surface area contributed by atoms with Crippen molar-refractivity contribution < 1.29 is 32.8 Å². The van der Waals surface area contributed by atoms with E-state index in [1.807, 2.05) is 19.9 Å². The number of carbonyl (C=O) groups is 2. The molecule has 1 aliphatic rings. The molecule has 0 aliphatic carbocycles. The van der Waals surface area contributed by atoms with Crippen LogP contribution in [0.5, 0.6) is 0 Å². The zero-order valence-corrected chi connectivity index (χ0v) is 18.9. The summed E-state index contributed by atoms with van der Waals surface area (Å²) < 4.78 is 19.7. The van der Waals surface area contributed by atoms with Gasteiger partial charge in [-0.15, -0.1) is 4.52 Å². The standard InChI is InChI=1S/C20H27N2O7P/c1-7-15-16(12-17-13(3)11-14(4)21-17)19(23)22(18(15)8-2)20(24)28-9-10-29-30(25,26-5)27-6/h7-8,11-12,25H,9-10H2,1-6H3/p+1/b15-7-,18-8+. The molecule has 2 amide bonds. The van der Waals surface area contributed by atoms with Crippen LogP contribution in [0.15, 0.2) is 35.1 Å². The fourth-order valence-electron chi connectivity index (χ4n) is 3.08. The molecule has 1 saturated heterocycles. The summed E-state index contributed by atoms with van der Waals surface area (Å²) in [4.78, 5) is 39.7. The Balaban J connectivity index is 2.19. The molecule has 2 N–H and O–H groups in total. The second-order valence-corrected chi connectivity index (χ2v) is 8.33. The third-order valence-corrected chi connectivity index (χ3v) is 5.92. The number of allylic oxidation sites excluding steroid dienone is 3. The molecule has 10 heteroatoms. The number of aromatic nitrogens is 1. The van der Waals surface area contributed by atoms with Gasteiger partial charge in [-0.1, -0.05) is 12.2 Å². The number of hydrogen-bond acceptors (Lipinski definition) is 7. The Morgan fingerprint density at radius 2 is 1.83 bits per heavy atom. The number of aromatic amines is 1. The smallest absolute Gasteiger partial charge is 0.446 e. The first kappa shape index (κ1) is 24.0. The number of rotatable bonds is 7. The molecule has 2 rings (SSSR count). The molecule has 1 fully saturated rings. The number of carbonyl (C=O) groups excluding carboxylic acids is 2. The zero-order chi connectivity index (χ0) is 22.5. The SMILES string of the molecule is C/C=C1C(=C/c2[nH]c(C)cc2C)/C(=O)N(C(=O)OCCO[P+](O)(OC)OC)C/1=C/C. The molecule has 1 aliphatic heterocycles. The van der Waals surface area contributed by atoms with Crippen molar-refractivity contribution in [3.05, 3.63) is 52.0 Å². The van der Waals surface area contributed by atoms with Gasteiger partial charge in [-0.3, -0.25) is 4.79 Å². The summed E-state index contributed by atoms with van der Waals surface area (Å²) in [5.41, 5.74) is 4.25. The van der Waals surface area contributed by atoms with Gasteiger partial charge in [-0.25, -0.2) is 9.69 Å². The van der Waals surface area contributed by atoms with Gasteiger partial charge in [0.05, 0.1) is 25.5 Å². The van der Waals surface area contributed by atoms with E-state index in [0.717, 1.165) is 21.9 Å². The number of hydrogen-bond donors (Lipinski definition) is 2. The second-order valence-electron chi connectivity index (χ2n) is 6.41. The Bertz CT molecular complexity index is 897. The maximum absolute atomic E-state index is 13.0. The van der Waals surface area contributed by atoms with Crippen LogP contribution in [0.25, 0.3) is 6.08 Å². The van der Waals surface area contributed by atoms with Gasteiger partial charge in [0, 0.05) is 17.0 Å². The molecule has 9 nitrogen and oxygen atoms in total. The molecule has 0 bridgehead atoms. The summed E-state index contributed by atoms with van der Waals surface area (Å²) in [6.45, 7) is 7.05. The molecule has 1 aromatic heterocycles. The fourth-order valence-corrected chi connectivity index (χ4v) is 3.75. The largest absolute Gasteiger partial charge is 0.572 e. The van der Waals surface area contributed by atoms with E-state index in [1.165, 1.54) is 14.2 Å². The van der Waals surface area contributed by atoms with E-state index in [1.54, 1.807) is 32.1 Å². The lowest BCUT2D eigenvalue weighted by Gasteiger charge is -2.16. The first-order valence-corrected chi connectivity index (χ1v) is 10.8. The van der Waals surface area contributed by atoms with Crippen molar-refractivity contribution in [3.63, 3.8) is 0 Å². The van der Waals surface area contributed by atoms with E-state index in [4.69, 9.17) is 18.3 Å². The van der Waals surface area contributed by atoms with Crippen molar-refractivity contribution in [2.45, 2.75) is 27.7 Å². The molecular formula is C20H28N2O7P+. The molecule has 0 unspecified atom stereocenters. The number of ether oxygens (including phenoxy) is 1. The Hall–Kier alpha value is -2.29. The van der Waals surface area contributed by atoms with Gasteiger partial charge < -0.3 is 9.72 Å². The third kappa shape index (κ3) is 5.06. The van der Waals surface area contributed by atoms with Crippen molar-refractivity contribution in [2.75, 3.05) is 27.4 Å². The van der Waals surface area contributed by atoms with Crippen LogP contribution in [0.4, 0.5) is 4.79 Å². The number of aryl methyl sites for hydroxylation is 2. The highest BCUT2D eigenvalue weighted by Gasteiger charge is 2.42. The van der Waals surface area contributed by atoms with Gasteiger partial charge in [0.2, 0.25) is 0 Å². The number of nitrogens with one attached hydrogen (secondary N) is 1. The highest BCUT2D eigenvalue weighted by molar-refractivity contribution is 7.55. The summed E-state index contributed by atoms with van der Waals surface area (Å²) in [5.74, 6) is -0.480. The lowest BCUT2D eigenvalue weighted by atomic mass is 10.0. The molecular weight excluding hydrogens is 411 g/mol. The van der Waals surface area contributed by atoms with Crippen molar-refractivity contribution in [1.82, 2.24) is 9.88 Å². The lowest BCUT2D eigenvalue weighted by molar-refractivity contribution is -0.122. The van der Waals surface area contributed by atoms with Crippen molar-refractivity contribution in [1.29, 1.82) is 0 Å². The van der Waals surface area contributed by atoms with Gasteiger partial charge >= 0.3 is 14.3 Å². The maximum atomic E-state index is 13.0. The molecule has 2 heterocycles. The van der Waals surface area contributed by atoms with Crippen LogP contribution in [0, 0.1) is 13.8 Å². The monoisotopic (exact) mass is 439 g/mol. The Morgan fingerprint density at radius 1 is 1.17 bits per heavy atom. The van der Waals surface area contributed by atoms with E-state index in [-0.39, 0.29) is 13.2 Å². The number of amides is 2. The number of imide groups is 1. The number of likely N-dealkylation sites (tertiary alicyclic amines) is 1. The zero-order valence-electron chi connectivity index (χ0n) is 18.0. The maximum Gasteiger partial charge on any atom is 0.572 e. The van der Waals surface area contributed by atoms with E-state index in [0.29, 0.717) is 16.8 Å². The minimum absolute atomic E-state index is 0.162. The van der Waals surface area contributed by atoms with Gasteiger partial charge in [-0.05, 0) is 45.4 Å². The van der Waals surface area contributed by atoms with Crippen LogP contribution in [0.1, 0.15) is 30.8 Å². The predicted octanol–water partition coefficient (Wildman–Crippen LogP) is 3.82. The van der Waals surface area contributed by atoms with Gasteiger partial charge in [0.15, 0.2) is 0 Å². The third-order valence-electron chi connectivity index (χ3n) is 4.49. The van der Waals surface area contributed by atoms with Crippen molar-refractivity contribution in [3.8, 4) is 0 Å². The molecule has 0 aromatic carbocycles. The predicted molar refractivity (Wildman–Crippen MR) is 113 cm³/mol. The molecule has 1 aromatic rings. The average molecular weight is 439 g/mol. The Labute approximate surface area is 176 Å². The summed E-state index contributed by atoms with van der Waals surface area (Å²) >= 11 is 0. The van der Waals surface area contributed by atoms with Crippen LogP contribution < -0.4 is 0 Å². The quantitative estimate of drug-likeness (QED) is 0.377. The lowest BCUT2D eigenvalue weighted by Crippen LogP contribution is -2.32. The topological polar surface area (TPSA) is 110 Å². The summed E-state index contributed by atoms with van der Waals surface area (Å²) in [6, 6.07) is 1.98. The Morgan fingerprint density at radius 3 is 2.33 bits per heavy atom. The first-order chi connectivity index (χ1) is 14.2. The molecule has 0 spiro atoms. The second kappa shape index (κ2) is 10.1. The van der Waals surface area contributed by atoms with E-state index in [2.05, 4.69) is 4.98 Å². The van der Waals surface area contributed by atoms with Gasteiger partial charge in [-0.2, -0.15) is 13.9 Å². The van der Waals surface area contributed by atoms with Crippen LogP contribution in [-0.4, -0.2) is 54.2 Å². The molecule has 0 atom stereocenters. The van der Waals surface area contributed by atoms with Crippen LogP contribution >= 0.6 is 8.17 Å². The number of H-pyrrole nitrogens is 1. The summed E-state index contributed by atoms with van der Waals surface area (Å²) in [7, 11) is -0.937. The molecule has 0 radical (unpaired) electrons. The van der Waals surface area contributed by atoms with E-state index < -0.39 is 20.2 Å². The molecule has 0 saturated carbocycles. The first-order valence-electron chi connectivity index (χ1n) is 9.31. The van der Waals surface area contributed by atoms with Gasteiger partial charge in [0.25, 0.3) is 5.91 Å². The highest BCUT2D eigenvalue weighted by Crippen LogP contribution is 2.56. The summed E-state index contributed by atoms with van der Waals surface area (Å²) in [5, 5.41) is 0. The van der Waals surface area contributed by atoms with Crippen LogP contribution in [0.3, 0.4) is 0 Å². The minimum atomic E-state index is -3.42. The normalized spacial score (nSPS) is 18.8. The molecule has 30 heavy (non-hydrogen) atoms. The average Bonchev–Trinajstić information content (AvgIpc) is 3.19. The number of nitrogens with zero attached hydrogens (tertiary/aromatic N) is 1. The van der Waals surface area contributed by atoms with Gasteiger partial charge in [0.1, 0.15) is 13.2 Å². The molecule has 164 valence electrons. The van der Waals surface area contributed by atoms with E-state index in [9.17, 15) is 14.5 Å². The van der Waals surface area contributed by atoms with E-state index >= 15 is 0 Å². The highest BCUT2D eigenvalue weighted by atomic mass is 31.2. The summed E-state index contributed by atoms with van der Waals surface area (Å²) in [6.07, 6.45) is 4.36. The minimum Gasteiger partial charge on any atom is -0.446 e. The van der Waals surface area contributed by atoms with Crippen molar-refractivity contribution >= 4 is 26.2 Å². The fraction of sp³-hybridized carbons (Fsp3) is 0.400. The Kier molecular flexibility index (Phi) is 8.11. The van der Waals surface area contributed by atoms with Crippen molar-refractivity contribution in [2.24, 2.45) is 0 Å². The van der Waals surface area contributed by atoms with Crippen LogP contribution in [-0.2, 0) is 23.1 Å². The van der Waals surface area contributed by atoms with Crippen LogP contribution in [0.2, 0.25) is 0 Å².